The zero-order valence-corrected chi connectivity index (χ0v) is 13.5. The average molecular weight is 313 g/mol. The lowest BCUT2D eigenvalue weighted by Gasteiger charge is -2.31. The van der Waals surface area contributed by atoms with E-state index in [4.69, 9.17) is 4.74 Å². The van der Waals surface area contributed by atoms with Crippen LogP contribution in [0.25, 0.3) is 0 Å². The molecule has 0 spiro atoms. The summed E-state index contributed by atoms with van der Waals surface area (Å²) in [5, 5.41) is 6.49. The van der Waals surface area contributed by atoms with Gasteiger partial charge in [-0.05, 0) is 37.9 Å². The Morgan fingerprint density at radius 2 is 2.14 bits per heavy atom. The quantitative estimate of drug-likeness (QED) is 0.877. The number of piperidine rings is 1. The minimum atomic E-state index is -0.511. The SMILES string of the molecule is CCOC(C(=O)NC1CCNCC1C)c1ccccc1.Cl. The first-order valence-electron chi connectivity index (χ1n) is 7.40. The Bertz CT molecular complexity index is 428. The highest BCUT2D eigenvalue weighted by Crippen LogP contribution is 2.19. The number of amides is 1. The molecule has 1 aromatic rings. The summed E-state index contributed by atoms with van der Waals surface area (Å²) in [7, 11) is 0. The van der Waals surface area contributed by atoms with Gasteiger partial charge >= 0.3 is 0 Å². The van der Waals surface area contributed by atoms with Crippen molar-refractivity contribution in [2.75, 3.05) is 19.7 Å². The van der Waals surface area contributed by atoms with Crippen LogP contribution in [-0.4, -0.2) is 31.6 Å². The van der Waals surface area contributed by atoms with E-state index in [0.29, 0.717) is 12.5 Å². The molecule has 2 rings (SSSR count). The Morgan fingerprint density at radius 3 is 2.76 bits per heavy atom. The minimum absolute atomic E-state index is 0. The number of benzene rings is 1. The number of carbonyl (C=O) groups is 1. The van der Waals surface area contributed by atoms with Gasteiger partial charge in [-0.3, -0.25) is 4.79 Å². The molecule has 2 N–H and O–H groups in total. The third-order valence-electron chi connectivity index (χ3n) is 3.79. The lowest BCUT2D eigenvalue weighted by atomic mass is 9.95. The molecular formula is C16H25ClN2O2. The average Bonchev–Trinajstić information content (AvgIpc) is 2.48. The van der Waals surface area contributed by atoms with Crippen LogP contribution in [0.2, 0.25) is 0 Å². The van der Waals surface area contributed by atoms with Crippen molar-refractivity contribution in [2.45, 2.75) is 32.4 Å². The van der Waals surface area contributed by atoms with Gasteiger partial charge in [0.2, 0.25) is 0 Å². The largest absolute Gasteiger partial charge is 0.364 e. The number of carbonyl (C=O) groups excluding carboxylic acids is 1. The molecule has 4 nitrogen and oxygen atoms in total. The second-order valence-electron chi connectivity index (χ2n) is 5.33. The van der Waals surface area contributed by atoms with Gasteiger partial charge in [0.05, 0.1) is 0 Å². The van der Waals surface area contributed by atoms with Crippen molar-refractivity contribution in [1.82, 2.24) is 10.6 Å². The van der Waals surface area contributed by atoms with Gasteiger partial charge < -0.3 is 15.4 Å². The third-order valence-corrected chi connectivity index (χ3v) is 3.79. The fourth-order valence-electron chi connectivity index (χ4n) is 2.60. The van der Waals surface area contributed by atoms with E-state index >= 15 is 0 Å². The van der Waals surface area contributed by atoms with Crippen molar-refractivity contribution in [2.24, 2.45) is 5.92 Å². The molecule has 0 saturated carbocycles. The van der Waals surface area contributed by atoms with E-state index in [9.17, 15) is 4.79 Å². The first kappa shape index (κ1) is 18.0. The predicted molar refractivity (Wildman–Crippen MR) is 86.6 cm³/mol. The maximum absolute atomic E-state index is 12.5. The number of hydrogen-bond acceptors (Lipinski definition) is 3. The van der Waals surface area contributed by atoms with Gasteiger partial charge in [-0.1, -0.05) is 37.3 Å². The summed E-state index contributed by atoms with van der Waals surface area (Å²) in [6, 6.07) is 9.91. The first-order valence-corrected chi connectivity index (χ1v) is 7.40. The van der Waals surface area contributed by atoms with Crippen LogP contribution in [0.4, 0.5) is 0 Å². The smallest absolute Gasteiger partial charge is 0.253 e. The second-order valence-corrected chi connectivity index (χ2v) is 5.33. The molecule has 5 heteroatoms. The molecule has 1 aromatic carbocycles. The number of hydrogen-bond donors (Lipinski definition) is 2. The molecule has 3 unspecified atom stereocenters. The van der Waals surface area contributed by atoms with Gasteiger partial charge in [-0.25, -0.2) is 0 Å². The zero-order valence-electron chi connectivity index (χ0n) is 12.7. The molecule has 0 aromatic heterocycles. The van der Waals surface area contributed by atoms with Crippen molar-refractivity contribution in [3.05, 3.63) is 35.9 Å². The van der Waals surface area contributed by atoms with Crippen LogP contribution in [0.3, 0.4) is 0 Å². The molecule has 1 heterocycles. The summed E-state index contributed by atoms with van der Waals surface area (Å²) < 4.78 is 5.64. The first-order chi connectivity index (χ1) is 9.72. The van der Waals surface area contributed by atoms with Crippen molar-refractivity contribution < 1.29 is 9.53 Å². The van der Waals surface area contributed by atoms with Crippen LogP contribution in [0.1, 0.15) is 31.9 Å². The molecular weight excluding hydrogens is 288 g/mol. The van der Waals surface area contributed by atoms with Crippen LogP contribution in [0.5, 0.6) is 0 Å². The Hall–Kier alpha value is -1.10. The summed E-state index contributed by atoms with van der Waals surface area (Å²) in [6.45, 7) is 6.51. The van der Waals surface area contributed by atoms with Gasteiger partial charge in [0.15, 0.2) is 6.10 Å². The normalized spacial score (nSPS) is 23.0. The fourth-order valence-corrected chi connectivity index (χ4v) is 2.60. The van der Waals surface area contributed by atoms with Crippen LogP contribution in [-0.2, 0) is 9.53 Å². The highest BCUT2D eigenvalue weighted by molar-refractivity contribution is 5.85. The summed E-state index contributed by atoms with van der Waals surface area (Å²) in [5.74, 6) is 0.419. The Morgan fingerprint density at radius 1 is 1.43 bits per heavy atom. The summed E-state index contributed by atoms with van der Waals surface area (Å²) in [6.07, 6.45) is 0.462. The minimum Gasteiger partial charge on any atom is -0.364 e. The van der Waals surface area contributed by atoms with Gasteiger partial charge in [0, 0.05) is 12.6 Å². The number of rotatable bonds is 5. The monoisotopic (exact) mass is 312 g/mol. The molecule has 1 aliphatic rings. The summed E-state index contributed by atoms with van der Waals surface area (Å²) >= 11 is 0. The van der Waals surface area contributed by atoms with Crippen LogP contribution in [0.15, 0.2) is 30.3 Å². The Labute approximate surface area is 133 Å². The highest BCUT2D eigenvalue weighted by atomic mass is 35.5. The number of halogens is 1. The van der Waals surface area contributed by atoms with Gasteiger partial charge in [0.25, 0.3) is 5.91 Å². The van der Waals surface area contributed by atoms with Crippen molar-refractivity contribution in [3.63, 3.8) is 0 Å². The van der Waals surface area contributed by atoms with Crippen molar-refractivity contribution in [1.29, 1.82) is 0 Å². The molecule has 21 heavy (non-hydrogen) atoms. The van der Waals surface area contributed by atoms with Crippen LogP contribution in [0, 0.1) is 5.92 Å². The van der Waals surface area contributed by atoms with Crippen LogP contribution < -0.4 is 10.6 Å². The van der Waals surface area contributed by atoms with E-state index in [0.717, 1.165) is 25.1 Å². The van der Waals surface area contributed by atoms with E-state index in [-0.39, 0.29) is 24.4 Å². The Kier molecular flexibility index (Phi) is 7.72. The molecule has 1 fully saturated rings. The molecule has 0 aliphatic carbocycles. The third kappa shape index (κ3) is 4.99. The highest BCUT2D eigenvalue weighted by Gasteiger charge is 2.27. The van der Waals surface area contributed by atoms with Crippen molar-refractivity contribution >= 4 is 18.3 Å². The fraction of sp³-hybridized carbons (Fsp3) is 0.562. The van der Waals surface area contributed by atoms with E-state index in [2.05, 4.69) is 17.6 Å². The number of nitrogens with one attached hydrogen (secondary N) is 2. The summed E-state index contributed by atoms with van der Waals surface area (Å²) in [5.41, 5.74) is 0.911. The molecule has 0 radical (unpaired) electrons. The van der Waals surface area contributed by atoms with E-state index in [1.807, 2.05) is 37.3 Å². The maximum atomic E-state index is 12.5. The summed E-state index contributed by atoms with van der Waals surface area (Å²) in [4.78, 5) is 12.5. The molecule has 1 amide bonds. The van der Waals surface area contributed by atoms with E-state index < -0.39 is 6.10 Å². The number of ether oxygens (including phenoxy) is 1. The lowest BCUT2D eigenvalue weighted by Crippen LogP contribution is -2.49. The molecule has 0 bridgehead atoms. The van der Waals surface area contributed by atoms with Gasteiger partial charge in [-0.15, -0.1) is 12.4 Å². The molecule has 1 saturated heterocycles. The lowest BCUT2D eigenvalue weighted by molar-refractivity contribution is -0.134. The van der Waals surface area contributed by atoms with E-state index in [1.54, 1.807) is 0 Å². The molecule has 3 atom stereocenters. The van der Waals surface area contributed by atoms with E-state index in [1.165, 1.54) is 0 Å². The predicted octanol–water partition coefficient (Wildman–Crippen LogP) is 2.30. The van der Waals surface area contributed by atoms with Gasteiger partial charge in [0.1, 0.15) is 0 Å². The Balaban J connectivity index is 0.00000220. The second kappa shape index (κ2) is 9.03. The van der Waals surface area contributed by atoms with Crippen molar-refractivity contribution in [3.8, 4) is 0 Å². The standard InChI is InChI=1S/C16H24N2O2.ClH/c1-3-20-15(13-7-5-4-6-8-13)16(19)18-14-9-10-17-11-12(14)2;/h4-8,12,14-15,17H,3,9-11H2,1-2H3,(H,18,19);1H. The molecule has 1 aliphatic heterocycles. The zero-order chi connectivity index (χ0) is 14.4. The molecule has 118 valence electrons. The van der Waals surface area contributed by atoms with Gasteiger partial charge in [-0.2, -0.15) is 0 Å². The van der Waals surface area contributed by atoms with Crippen LogP contribution >= 0.6 is 12.4 Å². The topological polar surface area (TPSA) is 50.4 Å². The maximum Gasteiger partial charge on any atom is 0.253 e.